The second kappa shape index (κ2) is 5.75. The Balaban J connectivity index is 1.57. The maximum atomic E-state index is 10.2. The monoisotopic (exact) mass is 289 g/mol. The van der Waals surface area contributed by atoms with Gasteiger partial charge in [0.2, 0.25) is 6.79 Å². The summed E-state index contributed by atoms with van der Waals surface area (Å²) >= 11 is 0. The lowest BCUT2D eigenvalue weighted by Gasteiger charge is -2.12. The molecule has 21 heavy (non-hydrogen) atoms. The standard InChI is InChI=1S/C15H19N3O3/c1-10-12(7-17-18(10)2)6-16-8-13(19)11-3-4-14-15(5-11)21-9-20-14/h3-5,7,13,16,19H,6,8-9H2,1-2H3. The highest BCUT2D eigenvalue weighted by molar-refractivity contribution is 5.45. The number of fused-ring (bicyclic) bond motifs is 1. The molecule has 2 aromatic rings. The fraction of sp³-hybridized carbons (Fsp3) is 0.400. The predicted octanol–water partition coefficient (Wildman–Crippen LogP) is 1.28. The zero-order chi connectivity index (χ0) is 14.8. The van der Waals surface area contributed by atoms with E-state index in [2.05, 4.69) is 10.4 Å². The minimum atomic E-state index is -0.587. The highest BCUT2D eigenvalue weighted by Gasteiger charge is 2.16. The number of nitrogens with one attached hydrogen (secondary N) is 1. The number of benzene rings is 1. The third-order valence-electron chi connectivity index (χ3n) is 3.77. The predicted molar refractivity (Wildman–Crippen MR) is 77.2 cm³/mol. The molecule has 1 atom stereocenters. The van der Waals surface area contributed by atoms with E-state index < -0.39 is 6.10 Å². The molecule has 112 valence electrons. The van der Waals surface area contributed by atoms with Crippen molar-refractivity contribution >= 4 is 0 Å². The molecule has 0 fully saturated rings. The molecule has 0 aliphatic carbocycles. The zero-order valence-corrected chi connectivity index (χ0v) is 12.2. The topological polar surface area (TPSA) is 68.5 Å². The molecule has 0 bridgehead atoms. The van der Waals surface area contributed by atoms with Crippen molar-refractivity contribution in [2.24, 2.45) is 7.05 Å². The summed E-state index contributed by atoms with van der Waals surface area (Å²) in [4.78, 5) is 0. The van der Waals surface area contributed by atoms with Crippen LogP contribution in [0.1, 0.15) is 22.9 Å². The van der Waals surface area contributed by atoms with Gasteiger partial charge in [0, 0.05) is 31.4 Å². The molecular weight excluding hydrogens is 270 g/mol. The third kappa shape index (κ3) is 2.86. The first-order valence-corrected chi connectivity index (χ1v) is 6.91. The number of hydrogen-bond donors (Lipinski definition) is 2. The molecule has 1 aliphatic rings. The first-order chi connectivity index (χ1) is 10.1. The van der Waals surface area contributed by atoms with Gasteiger partial charge in [-0.05, 0) is 24.6 Å². The van der Waals surface area contributed by atoms with Gasteiger partial charge in [-0.15, -0.1) is 0 Å². The maximum Gasteiger partial charge on any atom is 0.231 e. The second-order valence-electron chi connectivity index (χ2n) is 5.14. The van der Waals surface area contributed by atoms with E-state index in [9.17, 15) is 5.11 Å². The van der Waals surface area contributed by atoms with Crippen molar-refractivity contribution in [3.8, 4) is 11.5 Å². The Kier molecular flexibility index (Phi) is 3.81. The van der Waals surface area contributed by atoms with Crippen molar-refractivity contribution in [1.29, 1.82) is 0 Å². The van der Waals surface area contributed by atoms with Crippen LogP contribution in [-0.2, 0) is 13.6 Å². The minimum absolute atomic E-state index is 0.243. The van der Waals surface area contributed by atoms with Crippen LogP contribution < -0.4 is 14.8 Å². The normalized spacial score (nSPS) is 14.4. The minimum Gasteiger partial charge on any atom is -0.454 e. The summed E-state index contributed by atoms with van der Waals surface area (Å²) in [6.07, 6.45) is 1.26. The Labute approximate surface area is 123 Å². The van der Waals surface area contributed by atoms with Crippen LogP contribution in [0.25, 0.3) is 0 Å². The van der Waals surface area contributed by atoms with Gasteiger partial charge >= 0.3 is 0 Å². The average molecular weight is 289 g/mol. The van der Waals surface area contributed by atoms with Gasteiger partial charge in [-0.1, -0.05) is 6.07 Å². The number of aliphatic hydroxyl groups excluding tert-OH is 1. The average Bonchev–Trinajstić information content (AvgIpc) is 3.07. The van der Waals surface area contributed by atoms with Gasteiger partial charge in [0.15, 0.2) is 11.5 Å². The van der Waals surface area contributed by atoms with E-state index in [0.717, 1.165) is 22.6 Å². The van der Waals surface area contributed by atoms with E-state index in [1.54, 1.807) is 0 Å². The van der Waals surface area contributed by atoms with Crippen LogP contribution in [0.3, 0.4) is 0 Å². The largest absolute Gasteiger partial charge is 0.454 e. The molecule has 0 radical (unpaired) electrons. The second-order valence-corrected chi connectivity index (χ2v) is 5.14. The van der Waals surface area contributed by atoms with Gasteiger partial charge in [-0.25, -0.2) is 0 Å². The van der Waals surface area contributed by atoms with E-state index in [0.29, 0.717) is 18.8 Å². The number of aliphatic hydroxyl groups is 1. The van der Waals surface area contributed by atoms with E-state index in [4.69, 9.17) is 9.47 Å². The Morgan fingerprint density at radius 3 is 2.95 bits per heavy atom. The van der Waals surface area contributed by atoms with E-state index in [-0.39, 0.29) is 6.79 Å². The van der Waals surface area contributed by atoms with Crippen LogP contribution in [0.2, 0.25) is 0 Å². The first-order valence-electron chi connectivity index (χ1n) is 6.91. The van der Waals surface area contributed by atoms with Crippen molar-refractivity contribution in [3.63, 3.8) is 0 Å². The van der Waals surface area contributed by atoms with Crippen LogP contribution in [0.5, 0.6) is 11.5 Å². The molecule has 0 saturated heterocycles. The summed E-state index contributed by atoms with van der Waals surface area (Å²) in [6.45, 7) is 3.42. The zero-order valence-electron chi connectivity index (χ0n) is 12.2. The molecule has 3 rings (SSSR count). The van der Waals surface area contributed by atoms with Crippen LogP contribution >= 0.6 is 0 Å². The van der Waals surface area contributed by atoms with Crippen molar-refractivity contribution in [1.82, 2.24) is 15.1 Å². The first kappa shape index (κ1) is 13.9. The van der Waals surface area contributed by atoms with E-state index in [1.165, 1.54) is 0 Å². The summed E-state index contributed by atoms with van der Waals surface area (Å²) < 4.78 is 12.4. The van der Waals surface area contributed by atoms with Crippen molar-refractivity contribution in [2.45, 2.75) is 19.6 Å². The molecule has 0 amide bonds. The Morgan fingerprint density at radius 2 is 2.19 bits per heavy atom. The number of aromatic nitrogens is 2. The van der Waals surface area contributed by atoms with E-state index in [1.807, 2.05) is 43.0 Å². The van der Waals surface area contributed by atoms with Gasteiger partial charge in [-0.3, -0.25) is 4.68 Å². The third-order valence-corrected chi connectivity index (χ3v) is 3.77. The van der Waals surface area contributed by atoms with Crippen molar-refractivity contribution in [3.05, 3.63) is 41.2 Å². The van der Waals surface area contributed by atoms with Gasteiger partial charge in [0.05, 0.1) is 12.3 Å². The molecule has 2 heterocycles. The van der Waals surface area contributed by atoms with Gasteiger partial charge in [0.25, 0.3) is 0 Å². The summed E-state index contributed by atoms with van der Waals surface area (Å²) in [5, 5.41) is 17.7. The lowest BCUT2D eigenvalue weighted by atomic mass is 10.1. The molecule has 1 aromatic carbocycles. The van der Waals surface area contributed by atoms with Crippen LogP contribution in [-0.4, -0.2) is 28.2 Å². The highest BCUT2D eigenvalue weighted by atomic mass is 16.7. The summed E-state index contributed by atoms with van der Waals surface area (Å²) in [5.41, 5.74) is 3.07. The molecular formula is C15H19N3O3. The highest BCUT2D eigenvalue weighted by Crippen LogP contribution is 2.34. The summed E-state index contributed by atoms with van der Waals surface area (Å²) in [6, 6.07) is 5.51. The summed E-state index contributed by atoms with van der Waals surface area (Å²) in [5.74, 6) is 1.42. The van der Waals surface area contributed by atoms with Gasteiger partial charge in [0.1, 0.15) is 0 Å². The van der Waals surface area contributed by atoms with Crippen molar-refractivity contribution in [2.75, 3.05) is 13.3 Å². The number of hydrogen-bond acceptors (Lipinski definition) is 5. The molecule has 1 aromatic heterocycles. The molecule has 0 saturated carbocycles. The van der Waals surface area contributed by atoms with Crippen LogP contribution in [0, 0.1) is 6.92 Å². The Hall–Kier alpha value is -2.05. The molecule has 1 aliphatic heterocycles. The fourth-order valence-electron chi connectivity index (χ4n) is 2.30. The van der Waals surface area contributed by atoms with Crippen LogP contribution in [0.15, 0.2) is 24.4 Å². The molecule has 1 unspecified atom stereocenters. The quantitative estimate of drug-likeness (QED) is 0.868. The maximum absolute atomic E-state index is 10.2. The molecule has 6 heteroatoms. The molecule has 2 N–H and O–H groups in total. The van der Waals surface area contributed by atoms with Gasteiger partial charge in [-0.2, -0.15) is 5.10 Å². The lowest BCUT2D eigenvalue weighted by Crippen LogP contribution is -2.21. The summed E-state index contributed by atoms with van der Waals surface area (Å²) in [7, 11) is 1.92. The molecule has 0 spiro atoms. The van der Waals surface area contributed by atoms with E-state index >= 15 is 0 Å². The number of ether oxygens (including phenoxy) is 2. The van der Waals surface area contributed by atoms with Gasteiger partial charge < -0.3 is 19.9 Å². The number of nitrogens with zero attached hydrogens (tertiary/aromatic N) is 2. The van der Waals surface area contributed by atoms with Crippen molar-refractivity contribution < 1.29 is 14.6 Å². The lowest BCUT2D eigenvalue weighted by molar-refractivity contribution is 0.170. The SMILES string of the molecule is Cc1c(CNCC(O)c2ccc3c(c2)OCO3)cnn1C. The Bertz CT molecular complexity index is 639. The smallest absolute Gasteiger partial charge is 0.231 e. The molecule has 6 nitrogen and oxygen atoms in total. The number of rotatable bonds is 5. The number of aryl methyl sites for hydroxylation is 1. The Morgan fingerprint density at radius 1 is 1.38 bits per heavy atom. The van der Waals surface area contributed by atoms with Crippen LogP contribution in [0.4, 0.5) is 0 Å². The fourth-order valence-corrected chi connectivity index (χ4v) is 2.30.